The lowest BCUT2D eigenvalue weighted by Gasteiger charge is -2.25. The first-order valence-corrected chi connectivity index (χ1v) is 7.62. The molecule has 1 aliphatic heterocycles. The van der Waals surface area contributed by atoms with E-state index in [-0.39, 0.29) is 12.0 Å². The van der Waals surface area contributed by atoms with Crippen LogP contribution in [-0.4, -0.2) is 51.3 Å². The van der Waals surface area contributed by atoms with Crippen molar-refractivity contribution in [2.75, 3.05) is 44.2 Å². The summed E-state index contributed by atoms with van der Waals surface area (Å²) in [5.74, 6) is -0.0255. The fourth-order valence-electron chi connectivity index (χ4n) is 2.46. The van der Waals surface area contributed by atoms with Crippen LogP contribution >= 0.6 is 0 Å². The first-order chi connectivity index (χ1) is 10.2. The minimum Gasteiger partial charge on any atom is -0.370 e. The van der Waals surface area contributed by atoms with Gasteiger partial charge in [-0.15, -0.1) is 0 Å². The van der Waals surface area contributed by atoms with Gasteiger partial charge < -0.3 is 20.3 Å². The number of ether oxygens (including phenoxy) is 1. The average Bonchev–Trinajstić information content (AvgIpc) is 2.52. The van der Waals surface area contributed by atoms with E-state index in [1.54, 1.807) is 0 Å². The van der Waals surface area contributed by atoms with Gasteiger partial charge in [-0.2, -0.15) is 0 Å². The Kier molecular flexibility index (Phi) is 6.02. The summed E-state index contributed by atoms with van der Waals surface area (Å²) in [6.45, 7) is 8.57. The number of rotatable bonds is 6. The molecule has 1 heterocycles. The number of nitrogens with one attached hydrogen (secondary N) is 2. The molecule has 1 amide bonds. The Bertz CT molecular complexity index is 459. The largest absolute Gasteiger partial charge is 0.370 e. The number of hydrogen-bond acceptors (Lipinski definition) is 4. The fraction of sp³-hybridized carbons (Fsp3) is 0.562. The van der Waals surface area contributed by atoms with Crippen molar-refractivity contribution in [1.82, 2.24) is 10.6 Å². The monoisotopic (exact) mass is 291 g/mol. The van der Waals surface area contributed by atoms with E-state index in [4.69, 9.17) is 4.74 Å². The summed E-state index contributed by atoms with van der Waals surface area (Å²) < 4.78 is 5.44. The van der Waals surface area contributed by atoms with Gasteiger partial charge in [0.2, 0.25) is 0 Å². The maximum atomic E-state index is 12.0. The molecule has 0 aliphatic carbocycles. The van der Waals surface area contributed by atoms with E-state index in [9.17, 15) is 4.79 Å². The SMILES string of the molecule is CCN(CCNC(=O)C1CNCCO1)c1cccc(C)c1. The molecular weight excluding hydrogens is 266 g/mol. The molecule has 5 heteroatoms. The van der Waals surface area contributed by atoms with Gasteiger partial charge in [-0.05, 0) is 31.5 Å². The Hall–Kier alpha value is -1.59. The molecule has 1 aromatic rings. The zero-order valence-electron chi connectivity index (χ0n) is 12.9. The number of hydrogen-bond donors (Lipinski definition) is 2. The van der Waals surface area contributed by atoms with Crippen molar-refractivity contribution in [3.63, 3.8) is 0 Å². The summed E-state index contributed by atoms with van der Waals surface area (Å²) in [5.41, 5.74) is 2.44. The zero-order chi connectivity index (χ0) is 15.1. The van der Waals surface area contributed by atoms with E-state index in [1.165, 1.54) is 11.3 Å². The first kappa shape index (κ1) is 15.8. The highest BCUT2D eigenvalue weighted by Crippen LogP contribution is 2.14. The highest BCUT2D eigenvalue weighted by Gasteiger charge is 2.21. The van der Waals surface area contributed by atoms with Gasteiger partial charge in [-0.3, -0.25) is 4.79 Å². The number of amides is 1. The second-order valence-electron chi connectivity index (χ2n) is 5.27. The van der Waals surface area contributed by atoms with Crippen molar-refractivity contribution in [3.8, 4) is 0 Å². The maximum Gasteiger partial charge on any atom is 0.250 e. The van der Waals surface area contributed by atoms with Crippen molar-refractivity contribution < 1.29 is 9.53 Å². The number of aryl methyl sites for hydroxylation is 1. The molecule has 5 nitrogen and oxygen atoms in total. The molecule has 0 bridgehead atoms. The van der Waals surface area contributed by atoms with Crippen molar-refractivity contribution >= 4 is 11.6 Å². The van der Waals surface area contributed by atoms with E-state index < -0.39 is 0 Å². The first-order valence-electron chi connectivity index (χ1n) is 7.62. The second-order valence-corrected chi connectivity index (χ2v) is 5.27. The van der Waals surface area contributed by atoms with Gasteiger partial charge in [-0.1, -0.05) is 12.1 Å². The second kappa shape index (κ2) is 8.00. The molecule has 2 N–H and O–H groups in total. The number of likely N-dealkylation sites (N-methyl/N-ethyl adjacent to an activating group) is 1. The summed E-state index contributed by atoms with van der Waals surface area (Å²) in [6, 6.07) is 8.42. The van der Waals surface area contributed by atoms with Crippen LogP contribution < -0.4 is 15.5 Å². The Morgan fingerprint density at radius 1 is 1.52 bits per heavy atom. The maximum absolute atomic E-state index is 12.0. The molecule has 0 radical (unpaired) electrons. The van der Waals surface area contributed by atoms with E-state index in [0.717, 1.165) is 19.6 Å². The normalized spacial score (nSPS) is 18.3. The minimum absolute atomic E-state index is 0.0255. The molecule has 0 saturated carbocycles. The highest BCUT2D eigenvalue weighted by molar-refractivity contribution is 5.81. The molecule has 1 atom stereocenters. The Balaban J connectivity index is 1.79. The quantitative estimate of drug-likeness (QED) is 0.818. The van der Waals surface area contributed by atoms with Crippen molar-refractivity contribution in [1.29, 1.82) is 0 Å². The molecule has 2 rings (SSSR count). The van der Waals surface area contributed by atoms with Crippen LogP contribution in [0.1, 0.15) is 12.5 Å². The van der Waals surface area contributed by atoms with Crippen LogP contribution in [0.15, 0.2) is 24.3 Å². The van der Waals surface area contributed by atoms with E-state index in [1.807, 2.05) is 0 Å². The van der Waals surface area contributed by atoms with Gasteiger partial charge in [0.1, 0.15) is 6.10 Å². The van der Waals surface area contributed by atoms with Crippen LogP contribution in [0.5, 0.6) is 0 Å². The van der Waals surface area contributed by atoms with Crippen LogP contribution in [0.4, 0.5) is 5.69 Å². The molecule has 1 aromatic carbocycles. The van der Waals surface area contributed by atoms with Crippen LogP contribution in [0.2, 0.25) is 0 Å². The van der Waals surface area contributed by atoms with Gasteiger partial charge in [0.25, 0.3) is 5.91 Å². The number of anilines is 1. The van der Waals surface area contributed by atoms with Gasteiger partial charge in [0.15, 0.2) is 0 Å². The Morgan fingerprint density at radius 2 is 2.38 bits per heavy atom. The molecular formula is C16H25N3O2. The summed E-state index contributed by atoms with van der Waals surface area (Å²) in [6.07, 6.45) is -0.354. The van der Waals surface area contributed by atoms with Crippen molar-refractivity contribution in [2.24, 2.45) is 0 Å². The molecule has 116 valence electrons. The minimum atomic E-state index is -0.354. The lowest BCUT2D eigenvalue weighted by Crippen LogP contribution is -2.49. The van der Waals surface area contributed by atoms with E-state index >= 15 is 0 Å². The molecule has 1 fully saturated rings. The topological polar surface area (TPSA) is 53.6 Å². The number of carbonyl (C=O) groups excluding carboxylic acids is 1. The van der Waals surface area contributed by atoms with Crippen LogP contribution in [0.25, 0.3) is 0 Å². The summed E-state index contributed by atoms with van der Waals surface area (Å²) in [7, 11) is 0. The third-order valence-electron chi connectivity index (χ3n) is 3.65. The summed E-state index contributed by atoms with van der Waals surface area (Å²) >= 11 is 0. The smallest absolute Gasteiger partial charge is 0.250 e. The predicted octanol–water partition coefficient (Wildman–Crippen LogP) is 0.926. The lowest BCUT2D eigenvalue weighted by molar-refractivity contribution is -0.134. The molecule has 1 unspecified atom stereocenters. The Morgan fingerprint density at radius 3 is 3.05 bits per heavy atom. The lowest BCUT2D eigenvalue weighted by atomic mass is 10.2. The average molecular weight is 291 g/mol. The number of benzene rings is 1. The van der Waals surface area contributed by atoms with E-state index in [0.29, 0.717) is 19.7 Å². The summed E-state index contributed by atoms with van der Waals surface area (Å²) in [4.78, 5) is 14.2. The number of morpholine rings is 1. The molecule has 1 saturated heterocycles. The molecule has 0 aromatic heterocycles. The van der Waals surface area contributed by atoms with Crippen molar-refractivity contribution in [3.05, 3.63) is 29.8 Å². The predicted molar refractivity (Wildman–Crippen MR) is 84.7 cm³/mol. The third kappa shape index (κ3) is 4.72. The zero-order valence-corrected chi connectivity index (χ0v) is 12.9. The molecule has 1 aliphatic rings. The fourth-order valence-corrected chi connectivity index (χ4v) is 2.46. The summed E-state index contributed by atoms with van der Waals surface area (Å²) in [5, 5.41) is 6.12. The number of nitrogens with zero attached hydrogens (tertiary/aromatic N) is 1. The molecule has 21 heavy (non-hydrogen) atoms. The highest BCUT2D eigenvalue weighted by atomic mass is 16.5. The van der Waals surface area contributed by atoms with Crippen molar-refractivity contribution in [2.45, 2.75) is 20.0 Å². The third-order valence-corrected chi connectivity index (χ3v) is 3.65. The number of carbonyl (C=O) groups is 1. The van der Waals surface area contributed by atoms with Gasteiger partial charge >= 0.3 is 0 Å². The standard InChI is InChI=1S/C16H25N3O2/c1-3-19(14-6-4-5-13(2)11-14)9-7-18-16(20)15-12-17-8-10-21-15/h4-6,11,15,17H,3,7-10,12H2,1-2H3,(H,18,20). The van der Waals surface area contributed by atoms with Crippen LogP contribution in [0.3, 0.4) is 0 Å². The van der Waals surface area contributed by atoms with Gasteiger partial charge in [-0.25, -0.2) is 0 Å². The Labute approximate surface area is 126 Å². The van der Waals surface area contributed by atoms with E-state index in [2.05, 4.69) is 53.6 Å². The van der Waals surface area contributed by atoms with Crippen LogP contribution in [-0.2, 0) is 9.53 Å². The van der Waals surface area contributed by atoms with Gasteiger partial charge in [0, 0.05) is 38.4 Å². The molecule has 0 spiro atoms. The van der Waals surface area contributed by atoms with Crippen LogP contribution in [0, 0.1) is 6.92 Å². The van der Waals surface area contributed by atoms with Gasteiger partial charge in [0.05, 0.1) is 6.61 Å².